The third kappa shape index (κ3) is 16.3. The van der Waals surface area contributed by atoms with Crippen LogP contribution in [0.25, 0.3) is 0 Å². The van der Waals surface area contributed by atoms with Crippen LogP contribution in [0.5, 0.6) is 0 Å². The number of aliphatic hydroxyl groups is 5. The van der Waals surface area contributed by atoms with Gasteiger partial charge in [0, 0.05) is 6.42 Å². The maximum Gasteiger partial charge on any atom is 0.245 e. The molecule has 1 rings (SSSR count). The van der Waals surface area contributed by atoms with Gasteiger partial charge in [0.1, 0.15) is 6.10 Å². The summed E-state index contributed by atoms with van der Waals surface area (Å²) < 4.78 is 0. The van der Waals surface area contributed by atoms with Gasteiger partial charge in [-0.25, -0.2) is 0 Å². The summed E-state index contributed by atoms with van der Waals surface area (Å²) in [5.74, 6) is -5.58. The number of rotatable bonds is 0. The van der Waals surface area contributed by atoms with Gasteiger partial charge in [-0.05, 0) is 12.8 Å². The zero-order valence-electron chi connectivity index (χ0n) is 22.9. The molecule has 1 saturated carbocycles. The molecule has 35 heavy (non-hydrogen) atoms. The van der Waals surface area contributed by atoms with E-state index in [0.717, 1.165) is 32.1 Å². The molecular weight excluding hydrogens is 440 g/mol. The van der Waals surface area contributed by atoms with Crippen molar-refractivity contribution in [3.05, 3.63) is 0 Å². The SMILES string of the molecule is OC1CCCCCCCCCCCCCCCCCCCCCCCCCCCC(O)(O)C1(O)O. The van der Waals surface area contributed by atoms with E-state index in [2.05, 4.69) is 0 Å². The van der Waals surface area contributed by atoms with Crippen molar-refractivity contribution in [2.75, 3.05) is 0 Å². The van der Waals surface area contributed by atoms with E-state index in [4.69, 9.17) is 0 Å². The van der Waals surface area contributed by atoms with Crippen LogP contribution in [0.15, 0.2) is 0 Å². The fourth-order valence-corrected chi connectivity index (χ4v) is 5.43. The molecule has 0 aromatic heterocycles. The van der Waals surface area contributed by atoms with Gasteiger partial charge < -0.3 is 25.5 Å². The molecule has 0 bridgehead atoms. The van der Waals surface area contributed by atoms with Gasteiger partial charge in [-0.3, -0.25) is 0 Å². The van der Waals surface area contributed by atoms with Gasteiger partial charge in [-0.1, -0.05) is 154 Å². The molecule has 0 spiro atoms. The quantitative estimate of drug-likeness (QED) is 0.225. The Morgan fingerprint density at radius 2 is 0.571 bits per heavy atom. The van der Waals surface area contributed by atoms with Crippen molar-refractivity contribution in [3.63, 3.8) is 0 Å². The standard InChI is InChI=1S/C30H60O5/c31-28-26-24-22-20-18-16-14-12-10-8-6-4-2-1-3-5-7-9-11-13-15-17-19-21-23-25-27-29(32,33)30(28,34)35/h28,31-35H,1-27H2. The largest absolute Gasteiger partial charge is 0.387 e. The van der Waals surface area contributed by atoms with E-state index in [1.165, 1.54) is 116 Å². The Balaban J connectivity index is 2.33. The molecule has 5 nitrogen and oxygen atoms in total. The lowest BCUT2D eigenvalue weighted by Crippen LogP contribution is -2.61. The van der Waals surface area contributed by atoms with Crippen LogP contribution in [0.4, 0.5) is 0 Å². The molecule has 1 aliphatic carbocycles. The Labute approximate surface area is 216 Å². The lowest BCUT2D eigenvalue weighted by Gasteiger charge is -2.38. The van der Waals surface area contributed by atoms with Crippen molar-refractivity contribution in [2.24, 2.45) is 0 Å². The van der Waals surface area contributed by atoms with Crippen LogP contribution in [0.3, 0.4) is 0 Å². The minimum atomic E-state index is -2.90. The summed E-state index contributed by atoms with van der Waals surface area (Å²) in [4.78, 5) is 0. The summed E-state index contributed by atoms with van der Waals surface area (Å²) in [5.41, 5.74) is 0. The third-order valence-electron chi connectivity index (χ3n) is 8.06. The van der Waals surface area contributed by atoms with Crippen LogP contribution in [-0.2, 0) is 0 Å². The summed E-state index contributed by atoms with van der Waals surface area (Å²) in [7, 11) is 0. The van der Waals surface area contributed by atoms with Crippen molar-refractivity contribution in [3.8, 4) is 0 Å². The minimum absolute atomic E-state index is 0.142. The minimum Gasteiger partial charge on any atom is -0.387 e. The molecule has 5 heteroatoms. The third-order valence-corrected chi connectivity index (χ3v) is 8.06. The molecule has 0 aromatic carbocycles. The Morgan fingerprint density at radius 1 is 0.343 bits per heavy atom. The van der Waals surface area contributed by atoms with Crippen molar-refractivity contribution in [1.82, 2.24) is 0 Å². The molecule has 0 aliphatic heterocycles. The summed E-state index contributed by atoms with van der Waals surface area (Å²) in [6, 6.07) is 0. The highest BCUT2D eigenvalue weighted by atomic mass is 16.6. The highest BCUT2D eigenvalue weighted by Gasteiger charge is 2.51. The highest BCUT2D eigenvalue weighted by Crippen LogP contribution is 2.29. The Hall–Kier alpha value is -0.200. The van der Waals surface area contributed by atoms with Crippen LogP contribution in [0.1, 0.15) is 173 Å². The van der Waals surface area contributed by atoms with Gasteiger partial charge in [0.15, 0.2) is 0 Å². The van der Waals surface area contributed by atoms with Crippen molar-refractivity contribution >= 4 is 0 Å². The molecule has 1 atom stereocenters. The Morgan fingerprint density at radius 3 is 0.857 bits per heavy atom. The first-order chi connectivity index (χ1) is 16.9. The summed E-state index contributed by atoms with van der Waals surface area (Å²) in [5, 5.41) is 51.3. The van der Waals surface area contributed by atoms with Gasteiger partial charge >= 0.3 is 0 Å². The van der Waals surface area contributed by atoms with Crippen molar-refractivity contribution in [1.29, 1.82) is 0 Å². The van der Waals surface area contributed by atoms with Gasteiger partial charge in [-0.15, -0.1) is 0 Å². The second-order valence-electron chi connectivity index (χ2n) is 11.4. The molecule has 1 unspecified atom stereocenters. The molecule has 0 heterocycles. The molecule has 0 saturated heterocycles. The second-order valence-corrected chi connectivity index (χ2v) is 11.4. The summed E-state index contributed by atoms with van der Waals surface area (Å²) in [6.45, 7) is 0. The molecular formula is C30H60O5. The number of hydrogen-bond acceptors (Lipinski definition) is 5. The predicted octanol–water partition coefficient (Wildman–Crippen LogP) is 7.26. The first-order valence-corrected chi connectivity index (χ1v) is 15.5. The lowest BCUT2D eigenvalue weighted by molar-refractivity contribution is -0.386. The molecule has 0 amide bonds. The molecule has 0 radical (unpaired) electrons. The Bertz CT molecular complexity index is 466. The average molecular weight is 501 g/mol. The first kappa shape index (κ1) is 32.8. The normalized spacial score (nSPS) is 27.5. The smallest absolute Gasteiger partial charge is 0.245 e. The van der Waals surface area contributed by atoms with E-state index < -0.39 is 17.7 Å². The van der Waals surface area contributed by atoms with Gasteiger partial charge in [-0.2, -0.15) is 0 Å². The summed E-state index contributed by atoms with van der Waals surface area (Å²) in [6.07, 6.45) is 28.7. The van der Waals surface area contributed by atoms with E-state index >= 15 is 0 Å². The zero-order chi connectivity index (χ0) is 25.7. The van der Waals surface area contributed by atoms with Gasteiger partial charge in [0.2, 0.25) is 11.6 Å². The van der Waals surface area contributed by atoms with Gasteiger partial charge in [0.25, 0.3) is 0 Å². The maximum absolute atomic E-state index is 10.3. The van der Waals surface area contributed by atoms with Crippen LogP contribution in [-0.4, -0.2) is 43.2 Å². The van der Waals surface area contributed by atoms with E-state index in [1.54, 1.807) is 0 Å². The van der Waals surface area contributed by atoms with E-state index in [9.17, 15) is 25.5 Å². The van der Waals surface area contributed by atoms with Crippen molar-refractivity contribution < 1.29 is 25.5 Å². The fraction of sp³-hybridized carbons (Fsp3) is 1.00. The zero-order valence-corrected chi connectivity index (χ0v) is 22.9. The molecule has 210 valence electrons. The molecule has 0 aromatic rings. The molecule has 1 aliphatic rings. The topological polar surface area (TPSA) is 101 Å². The average Bonchev–Trinajstić information content (AvgIpc) is 2.82. The van der Waals surface area contributed by atoms with Crippen LogP contribution in [0, 0.1) is 0 Å². The fourth-order valence-electron chi connectivity index (χ4n) is 5.43. The molecule has 5 N–H and O–H groups in total. The van der Waals surface area contributed by atoms with Gasteiger partial charge in [0.05, 0.1) is 0 Å². The summed E-state index contributed by atoms with van der Waals surface area (Å²) >= 11 is 0. The van der Waals surface area contributed by atoms with Crippen LogP contribution in [0.2, 0.25) is 0 Å². The van der Waals surface area contributed by atoms with E-state index in [0.29, 0.717) is 12.8 Å². The highest BCUT2D eigenvalue weighted by molar-refractivity contribution is 4.88. The monoisotopic (exact) mass is 500 g/mol. The van der Waals surface area contributed by atoms with E-state index in [-0.39, 0.29) is 12.8 Å². The van der Waals surface area contributed by atoms with Crippen molar-refractivity contribution in [2.45, 2.75) is 191 Å². The maximum atomic E-state index is 10.3. The second kappa shape index (κ2) is 20.8. The molecule has 1 fully saturated rings. The number of aliphatic hydroxyl groups excluding tert-OH is 1. The lowest BCUT2D eigenvalue weighted by atomic mass is 9.91. The van der Waals surface area contributed by atoms with Crippen LogP contribution >= 0.6 is 0 Å². The first-order valence-electron chi connectivity index (χ1n) is 15.5. The predicted molar refractivity (Wildman–Crippen MR) is 145 cm³/mol. The van der Waals surface area contributed by atoms with Crippen LogP contribution < -0.4 is 0 Å². The van der Waals surface area contributed by atoms with E-state index in [1.807, 2.05) is 0 Å². The Kier molecular flexibility index (Phi) is 19.5. The number of hydrogen-bond donors (Lipinski definition) is 5.